The molecule has 1 unspecified atom stereocenters. The van der Waals surface area contributed by atoms with Gasteiger partial charge in [0, 0.05) is 6.54 Å². The Kier molecular flexibility index (Phi) is 6.89. The highest BCUT2D eigenvalue weighted by Gasteiger charge is 2.08. The monoisotopic (exact) mass is 264 g/mol. The summed E-state index contributed by atoms with van der Waals surface area (Å²) in [7, 11) is 3.74. The van der Waals surface area contributed by atoms with Gasteiger partial charge < -0.3 is 15.4 Å². The Morgan fingerprint density at radius 3 is 2.47 bits per heavy atom. The van der Waals surface area contributed by atoms with E-state index in [0.717, 1.165) is 25.4 Å². The Balaban J connectivity index is 2.56. The molecule has 0 bridgehead atoms. The summed E-state index contributed by atoms with van der Waals surface area (Å²) in [5.41, 5.74) is 3.93. The van der Waals surface area contributed by atoms with Gasteiger partial charge in [0.1, 0.15) is 5.75 Å². The zero-order chi connectivity index (χ0) is 14.3. The van der Waals surface area contributed by atoms with E-state index < -0.39 is 0 Å². The van der Waals surface area contributed by atoms with Gasteiger partial charge in [-0.1, -0.05) is 19.4 Å². The normalized spacial score (nSPS) is 12.5. The first-order valence-electron chi connectivity index (χ1n) is 7.12. The standard InChI is InChI=1S/C16H28N2O/c1-6-14(9-17-4)10-18-11-15-7-8-16(19-5)13(3)12(15)2/h7-8,14,17-18H,6,9-11H2,1-5H3. The molecule has 0 radical (unpaired) electrons. The topological polar surface area (TPSA) is 33.3 Å². The highest BCUT2D eigenvalue weighted by Crippen LogP contribution is 2.23. The number of benzene rings is 1. The van der Waals surface area contributed by atoms with Crippen LogP contribution in [-0.2, 0) is 6.54 Å². The molecule has 19 heavy (non-hydrogen) atoms. The van der Waals surface area contributed by atoms with Gasteiger partial charge in [0.2, 0.25) is 0 Å². The predicted octanol–water partition coefficient (Wildman–Crippen LogP) is 2.65. The fraction of sp³-hybridized carbons (Fsp3) is 0.625. The van der Waals surface area contributed by atoms with Crippen molar-refractivity contribution in [3.05, 3.63) is 28.8 Å². The maximum Gasteiger partial charge on any atom is 0.122 e. The first-order chi connectivity index (χ1) is 9.13. The molecule has 3 nitrogen and oxygen atoms in total. The fourth-order valence-corrected chi connectivity index (χ4v) is 2.33. The minimum Gasteiger partial charge on any atom is -0.496 e. The third-order valence-electron chi connectivity index (χ3n) is 3.89. The summed E-state index contributed by atoms with van der Waals surface area (Å²) in [5.74, 6) is 1.67. The van der Waals surface area contributed by atoms with Crippen LogP contribution in [0, 0.1) is 19.8 Å². The number of ether oxygens (including phenoxy) is 1. The summed E-state index contributed by atoms with van der Waals surface area (Å²) < 4.78 is 5.34. The van der Waals surface area contributed by atoms with Crippen molar-refractivity contribution in [3.8, 4) is 5.75 Å². The first kappa shape index (κ1) is 16.0. The van der Waals surface area contributed by atoms with Gasteiger partial charge >= 0.3 is 0 Å². The van der Waals surface area contributed by atoms with Gasteiger partial charge in [-0.25, -0.2) is 0 Å². The Hall–Kier alpha value is -1.06. The molecule has 0 saturated heterocycles. The molecule has 0 aliphatic carbocycles. The van der Waals surface area contributed by atoms with Crippen LogP contribution in [0.15, 0.2) is 12.1 Å². The lowest BCUT2D eigenvalue weighted by Gasteiger charge is -2.17. The maximum atomic E-state index is 5.34. The maximum absolute atomic E-state index is 5.34. The SMILES string of the molecule is CCC(CNC)CNCc1ccc(OC)c(C)c1C. The lowest BCUT2D eigenvalue weighted by atomic mass is 10.0. The van der Waals surface area contributed by atoms with Crippen molar-refractivity contribution in [1.82, 2.24) is 10.6 Å². The van der Waals surface area contributed by atoms with E-state index in [2.05, 4.69) is 43.5 Å². The summed E-state index contributed by atoms with van der Waals surface area (Å²) in [6.07, 6.45) is 1.20. The summed E-state index contributed by atoms with van der Waals surface area (Å²) >= 11 is 0. The lowest BCUT2D eigenvalue weighted by Crippen LogP contribution is -2.29. The molecule has 1 aromatic rings. The van der Waals surface area contributed by atoms with Gasteiger partial charge in [-0.3, -0.25) is 0 Å². The first-order valence-corrected chi connectivity index (χ1v) is 7.12. The van der Waals surface area contributed by atoms with Gasteiger partial charge in [0.15, 0.2) is 0 Å². The second kappa shape index (κ2) is 8.18. The van der Waals surface area contributed by atoms with Crippen molar-refractivity contribution in [2.24, 2.45) is 5.92 Å². The molecule has 0 amide bonds. The van der Waals surface area contributed by atoms with Crippen LogP contribution < -0.4 is 15.4 Å². The Morgan fingerprint density at radius 1 is 1.16 bits per heavy atom. The molecule has 0 aromatic heterocycles. The Bertz CT molecular complexity index is 391. The van der Waals surface area contributed by atoms with Gasteiger partial charge in [-0.05, 0) is 62.7 Å². The van der Waals surface area contributed by atoms with Crippen LogP contribution in [0.1, 0.15) is 30.0 Å². The molecular formula is C16H28N2O. The van der Waals surface area contributed by atoms with Crippen molar-refractivity contribution in [1.29, 1.82) is 0 Å². The molecule has 1 atom stereocenters. The number of rotatable bonds is 8. The van der Waals surface area contributed by atoms with Gasteiger partial charge in [-0.15, -0.1) is 0 Å². The summed E-state index contributed by atoms with van der Waals surface area (Å²) in [6, 6.07) is 4.22. The number of hydrogen-bond acceptors (Lipinski definition) is 3. The molecule has 0 heterocycles. The van der Waals surface area contributed by atoms with E-state index in [-0.39, 0.29) is 0 Å². The van der Waals surface area contributed by atoms with E-state index in [9.17, 15) is 0 Å². The molecule has 2 N–H and O–H groups in total. The van der Waals surface area contributed by atoms with Crippen LogP contribution in [0.3, 0.4) is 0 Å². The lowest BCUT2D eigenvalue weighted by molar-refractivity contribution is 0.410. The molecular weight excluding hydrogens is 236 g/mol. The van der Waals surface area contributed by atoms with Crippen molar-refractivity contribution in [3.63, 3.8) is 0 Å². The van der Waals surface area contributed by atoms with Crippen molar-refractivity contribution >= 4 is 0 Å². The average molecular weight is 264 g/mol. The third kappa shape index (κ3) is 4.51. The molecule has 3 heteroatoms. The Labute approximate surface area is 117 Å². The van der Waals surface area contributed by atoms with Crippen LogP contribution in [0.25, 0.3) is 0 Å². The van der Waals surface area contributed by atoms with E-state index in [0.29, 0.717) is 5.92 Å². The zero-order valence-corrected chi connectivity index (χ0v) is 13.0. The second-order valence-corrected chi connectivity index (χ2v) is 5.14. The number of nitrogens with one attached hydrogen (secondary N) is 2. The molecule has 0 aliphatic heterocycles. The Morgan fingerprint density at radius 2 is 1.89 bits per heavy atom. The average Bonchev–Trinajstić information content (AvgIpc) is 2.42. The highest BCUT2D eigenvalue weighted by atomic mass is 16.5. The molecule has 0 aliphatic rings. The van der Waals surface area contributed by atoms with Crippen molar-refractivity contribution < 1.29 is 4.74 Å². The van der Waals surface area contributed by atoms with Crippen LogP contribution >= 0.6 is 0 Å². The van der Waals surface area contributed by atoms with Crippen LogP contribution in [-0.4, -0.2) is 27.2 Å². The molecule has 0 saturated carbocycles. The fourth-order valence-electron chi connectivity index (χ4n) is 2.33. The van der Waals surface area contributed by atoms with E-state index >= 15 is 0 Å². The van der Waals surface area contributed by atoms with E-state index in [1.54, 1.807) is 7.11 Å². The summed E-state index contributed by atoms with van der Waals surface area (Å²) in [4.78, 5) is 0. The van der Waals surface area contributed by atoms with Crippen LogP contribution in [0.4, 0.5) is 0 Å². The van der Waals surface area contributed by atoms with Gasteiger partial charge in [0.05, 0.1) is 7.11 Å². The second-order valence-electron chi connectivity index (χ2n) is 5.14. The predicted molar refractivity (Wildman–Crippen MR) is 81.9 cm³/mol. The van der Waals surface area contributed by atoms with E-state index in [4.69, 9.17) is 4.74 Å². The van der Waals surface area contributed by atoms with Crippen LogP contribution in [0.2, 0.25) is 0 Å². The van der Waals surface area contributed by atoms with Gasteiger partial charge in [0.25, 0.3) is 0 Å². The van der Waals surface area contributed by atoms with Crippen LogP contribution in [0.5, 0.6) is 5.75 Å². The molecule has 1 aromatic carbocycles. The highest BCUT2D eigenvalue weighted by molar-refractivity contribution is 5.43. The minimum absolute atomic E-state index is 0.699. The largest absolute Gasteiger partial charge is 0.496 e. The summed E-state index contributed by atoms with van der Waals surface area (Å²) in [5, 5.41) is 6.81. The van der Waals surface area contributed by atoms with Gasteiger partial charge in [-0.2, -0.15) is 0 Å². The molecule has 0 spiro atoms. The van der Waals surface area contributed by atoms with Crippen molar-refractivity contribution in [2.45, 2.75) is 33.7 Å². The summed E-state index contributed by atoms with van der Waals surface area (Å²) in [6.45, 7) is 9.59. The quantitative estimate of drug-likeness (QED) is 0.757. The van der Waals surface area contributed by atoms with E-state index in [1.807, 2.05) is 7.05 Å². The number of hydrogen-bond donors (Lipinski definition) is 2. The van der Waals surface area contributed by atoms with E-state index in [1.165, 1.54) is 23.1 Å². The molecule has 1 rings (SSSR count). The van der Waals surface area contributed by atoms with Crippen molar-refractivity contribution in [2.75, 3.05) is 27.2 Å². The smallest absolute Gasteiger partial charge is 0.122 e. The number of methoxy groups -OCH3 is 1. The zero-order valence-electron chi connectivity index (χ0n) is 13.0. The molecule has 108 valence electrons. The third-order valence-corrected chi connectivity index (χ3v) is 3.89. The molecule has 0 fully saturated rings. The minimum atomic E-state index is 0.699.